The molecule has 0 fully saturated rings. The van der Waals surface area contributed by atoms with Crippen molar-refractivity contribution in [2.24, 2.45) is 0 Å². The average molecular weight is 380 g/mol. The molecule has 0 N–H and O–H groups in total. The molecular formula is C21H20N2O5. The number of carbonyl (C=O) groups excluding carboxylic acids is 1. The Balaban J connectivity index is 1.47. The van der Waals surface area contributed by atoms with Crippen LogP contribution in [-0.2, 0) is 4.74 Å². The summed E-state index contributed by atoms with van der Waals surface area (Å²) in [5, 5.41) is 8.07. The maximum Gasteiger partial charge on any atom is 0.339 e. The topological polar surface area (TPSA) is 83.7 Å². The maximum atomic E-state index is 12.5. The number of hydrogen-bond donors (Lipinski definition) is 0. The number of nitrogens with zero attached hydrogens (tertiary/aromatic N) is 2. The van der Waals surface area contributed by atoms with Crippen LogP contribution in [0.15, 0.2) is 46.9 Å². The summed E-state index contributed by atoms with van der Waals surface area (Å²) in [4.78, 5) is 12.5. The highest BCUT2D eigenvalue weighted by Gasteiger charge is 2.21. The van der Waals surface area contributed by atoms with E-state index in [0.29, 0.717) is 36.2 Å². The van der Waals surface area contributed by atoms with Crippen LogP contribution in [0.4, 0.5) is 0 Å². The molecule has 1 aliphatic rings. The first-order chi connectivity index (χ1) is 13.6. The molecule has 0 saturated carbocycles. The largest absolute Gasteiger partial charge is 0.490 e. The Morgan fingerprint density at radius 3 is 2.71 bits per heavy atom. The number of benzene rings is 2. The normalized spacial score (nSPS) is 14.2. The molecule has 7 heteroatoms. The minimum absolute atomic E-state index is 0.235. The van der Waals surface area contributed by atoms with E-state index in [1.54, 1.807) is 25.1 Å². The molecule has 0 bridgehead atoms. The van der Waals surface area contributed by atoms with Crippen LogP contribution in [0, 0.1) is 6.92 Å². The summed E-state index contributed by atoms with van der Waals surface area (Å²) in [7, 11) is 0. The second-order valence-corrected chi connectivity index (χ2v) is 6.57. The third-order valence-corrected chi connectivity index (χ3v) is 4.32. The summed E-state index contributed by atoms with van der Waals surface area (Å²) < 4.78 is 22.4. The van der Waals surface area contributed by atoms with Crippen LogP contribution in [0.25, 0.3) is 11.5 Å². The van der Waals surface area contributed by atoms with E-state index in [9.17, 15) is 4.79 Å². The quantitative estimate of drug-likeness (QED) is 0.629. The molecule has 0 radical (unpaired) electrons. The number of rotatable bonds is 4. The summed E-state index contributed by atoms with van der Waals surface area (Å²) in [6.45, 7) is 4.81. The molecule has 0 saturated heterocycles. The van der Waals surface area contributed by atoms with E-state index in [1.165, 1.54) is 0 Å². The standard InChI is InChI=1S/C21H20N2O5/c1-13-5-3-6-15(11-13)20-23-22-19(28-20)14(2)27-21(24)16-7-8-17-18(12-16)26-10-4-9-25-17/h3,5-8,11-12,14H,4,9-10H2,1-2H3. The number of hydrogen-bond acceptors (Lipinski definition) is 7. The Labute approximate surface area is 162 Å². The first-order valence-corrected chi connectivity index (χ1v) is 9.11. The van der Waals surface area contributed by atoms with Crippen LogP contribution >= 0.6 is 0 Å². The SMILES string of the molecule is Cc1cccc(-c2nnc(C(C)OC(=O)c3ccc4c(c3)OCCCO4)o2)c1. The molecule has 144 valence electrons. The van der Waals surface area contributed by atoms with Crippen molar-refractivity contribution >= 4 is 5.97 Å². The predicted octanol–water partition coefficient (Wildman–Crippen LogP) is 4.12. The van der Waals surface area contributed by atoms with Gasteiger partial charge in [0, 0.05) is 12.0 Å². The number of fused-ring (bicyclic) bond motifs is 1. The van der Waals surface area contributed by atoms with Gasteiger partial charge >= 0.3 is 5.97 Å². The van der Waals surface area contributed by atoms with E-state index < -0.39 is 12.1 Å². The van der Waals surface area contributed by atoms with E-state index in [2.05, 4.69) is 10.2 Å². The zero-order chi connectivity index (χ0) is 19.5. The van der Waals surface area contributed by atoms with Gasteiger partial charge in [-0.1, -0.05) is 17.7 Å². The van der Waals surface area contributed by atoms with Crippen LogP contribution in [0.3, 0.4) is 0 Å². The molecule has 0 aliphatic carbocycles. The molecule has 1 aliphatic heterocycles. The lowest BCUT2D eigenvalue weighted by molar-refractivity contribution is 0.0279. The van der Waals surface area contributed by atoms with Gasteiger partial charge in [-0.15, -0.1) is 10.2 Å². The number of aryl methyl sites for hydroxylation is 1. The van der Waals surface area contributed by atoms with Crippen molar-refractivity contribution in [2.45, 2.75) is 26.4 Å². The fraction of sp³-hybridized carbons (Fsp3) is 0.286. The molecule has 4 rings (SSSR count). The smallest absolute Gasteiger partial charge is 0.339 e. The van der Waals surface area contributed by atoms with Crippen LogP contribution < -0.4 is 9.47 Å². The first-order valence-electron chi connectivity index (χ1n) is 9.11. The van der Waals surface area contributed by atoms with Crippen molar-refractivity contribution in [1.29, 1.82) is 0 Å². The number of aromatic nitrogens is 2. The second-order valence-electron chi connectivity index (χ2n) is 6.57. The zero-order valence-electron chi connectivity index (χ0n) is 15.7. The Bertz CT molecular complexity index is 998. The Hall–Kier alpha value is -3.35. The van der Waals surface area contributed by atoms with E-state index in [4.69, 9.17) is 18.6 Å². The van der Waals surface area contributed by atoms with E-state index in [1.807, 2.05) is 31.2 Å². The van der Waals surface area contributed by atoms with Crippen LogP contribution in [-0.4, -0.2) is 29.4 Å². The maximum absolute atomic E-state index is 12.5. The predicted molar refractivity (Wildman–Crippen MR) is 100 cm³/mol. The molecule has 7 nitrogen and oxygen atoms in total. The van der Waals surface area contributed by atoms with Crippen molar-refractivity contribution < 1.29 is 23.4 Å². The van der Waals surface area contributed by atoms with Gasteiger partial charge in [0.1, 0.15) is 0 Å². The minimum atomic E-state index is -0.686. The van der Waals surface area contributed by atoms with Crippen molar-refractivity contribution in [3.05, 3.63) is 59.5 Å². The molecule has 1 atom stereocenters. The molecule has 1 aromatic heterocycles. The lowest BCUT2D eigenvalue weighted by atomic mass is 10.1. The molecule has 28 heavy (non-hydrogen) atoms. The zero-order valence-corrected chi connectivity index (χ0v) is 15.7. The third-order valence-electron chi connectivity index (χ3n) is 4.32. The number of ether oxygens (including phenoxy) is 3. The van der Waals surface area contributed by atoms with Gasteiger partial charge in [-0.2, -0.15) is 0 Å². The van der Waals surface area contributed by atoms with E-state index >= 15 is 0 Å². The van der Waals surface area contributed by atoms with Crippen molar-refractivity contribution in [1.82, 2.24) is 10.2 Å². The highest BCUT2D eigenvalue weighted by molar-refractivity contribution is 5.90. The summed E-state index contributed by atoms with van der Waals surface area (Å²) >= 11 is 0. The summed E-state index contributed by atoms with van der Waals surface area (Å²) in [5.41, 5.74) is 2.28. The lowest BCUT2D eigenvalue weighted by Gasteiger charge is -2.11. The number of esters is 1. The molecule has 2 aromatic carbocycles. The van der Waals surface area contributed by atoms with Gasteiger partial charge in [0.2, 0.25) is 5.89 Å². The minimum Gasteiger partial charge on any atom is -0.490 e. The fourth-order valence-electron chi connectivity index (χ4n) is 2.86. The van der Waals surface area contributed by atoms with Gasteiger partial charge in [0.25, 0.3) is 5.89 Å². The van der Waals surface area contributed by atoms with Crippen molar-refractivity contribution in [3.63, 3.8) is 0 Å². The van der Waals surface area contributed by atoms with Gasteiger partial charge in [-0.05, 0) is 44.2 Å². The van der Waals surface area contributed by atoms with Gasteiger partial charge in [-0.3, -0.25) is 0 Å². The summed E-state index contributed by atoms with van der Waals surface area (Å²) in [6, 6.07) is 12.7. The Morgan fingerprint density at radius 1 is 1.07 bits per heavy atom. The Morgan fingerprint density at radius 2 is 1.89 bits per heavy atom. The van der Waals surface area contributed by atoms with Crippen LogP contribution in [0.1, 0.15) is 41.3 Å². The van der Waals surface area contributed by atoms with E-state index in [-0.39, 0.29) is 5.89 Å². The Kier molecular flexibility index (Phi) is 4.97. The summed E-state index contributed by atoms with van der Waals surface area (Å²) in [5.74, 6) is 1.29. The molecule has 1 unspecified atom stereocenters. The van der Waals surface area contributed by atoms with Gasteiger partial charge in [0.15, 0.2) is 17.6 Å². The van der Waals surface area contributed by atoms with E-state index in [0.717, 1.165) is 17.5 Å². The molecule has 0 spiro atoms. The van der Waals surface area contributed by atoms with Gasteiger partial charge in [0.05, 0.1) is 18.8 Å². The first kappa shape index (κ1) is 18.0. The van der Waals surface area contributed by atoms with Crippen LogP contribution in [0.5, 0.6) is 11.5 Å². The third kappa shape index (κ3) is 3.83. The highest BCUT2D eigenvalue weighted by Crippen LogP contribution is 2.31. The monoisotopic (exact) mass is 380 g/mol. The van der Waals surface area contributed by atoms with Gasteiger partial charge in [-0.25, -0.2) is 4.79 Å². The number of carbonyl (C=O) groups is 1. The summed E-state index contributed by atoms with van der Waals surface area (Å²) in [6.07, 6.45) is 0.112. The molecular weight excluding hydrogens is 360 g/mol. The van der Waals surface area contributed by atoms with Gasteiger partial charge < -0.3 is 18.6 Å². The molecule has 0 amide bonds. The molecule has 2 heterocycles. The lowest BCUT2D eigenvalue weighted by Crippen LogP contribution is -2.10. The molecule has 3 aromatic rings. The van der Waals surface area contributed by atoms with Crippen molar-refractivity contribution in [3.8, 4) is 23.0 Å². The fourth-order valence-corrected chi connectivity index (χ4v) is 2.86. The van der Waals surface area contributed by atoms with Crippen LogP contribution in [0.2, 0.25) is 0 Å². The van der Waals surface area contributed by atoms with Crippen molar-refractivity contribution in [2.75, 3.05) is 13.2 Å². The average Bonchev–Trinajstić information content (AvgIpc) is 3.07. The highest BCUT2D eigenvalue weighted by atomic mass is 16.6. The second kappa shape index (κ2) is 7.72.